The monoisotopic (exact) mass is 270 g/mol. The molecule has 1 unspecified atom stereocenters. The van der Waals surface area contributed by atoms with E-state index in [1.54, 1.807) is 17.3 Å². The summed E-state index contributed by atoms with van der Waals surface area (Å²) in [5, 5.41) is 11.4. The number of hydrogen-bond donors (Lipinski definition) is 1. The molecule has 4 nitrogen and oxygen atoms in total. The zero-order valence-corrected chi connectivity index (χ0v) is 11.8. The Labute approximate surface area is 120 Å². The summed E-state index contributed by atoms with van der Waals surface area (Å²) in [5.74, 6) is 0.686. The molecule has 3 rings (SSSR count). The fraction of sp³-hybridized carbons (Fsp3) is 0.500. The van der Waals surface area contributed by atoms with Crippen LogP contribution in [-0.4, -0.2) is 28.1 Å². The number of fused-ring (bicyclic) bond motifs is 1. The van der Waals surface area contributed by atoms with Gasteiger partial charge in [0.1, 0.15) is 0 Å². The second-order valence-corrected chi connectivity index (χ2v) is 5.51. The molecule has 1 aliphatic rings. The largest absolute Gasteiger partial charge is 0.316 e. The molecule has 0 radical (unpaired) electrons. The first-order valence-corrected chi connectivity index (χ1v) is 7.56. The normalized spacial score (nSPS) is 17.9. The standard InChI is InChI=1S/C16H22N4/c1-2-8-16-14(5-1)6-3-7-15(16)13-17-9-4-11-20-12-10-18-19-20/h1-2,5,8,10,12,15,17H,3-4,6-7,9,11,13H2. The highest BCUT2D eigenvalue weighted by Gasteiger charge is 2.18. The minimum atomic E-state index is 0.686. The highest BCUT2D eigenvalue weighted by atomic mass is 15.4. The van der Waals surface area contributed by atoms with E-state index >= 15 is 0 Å². The Balaban J connectivity index is 1.43. The van der Waals surface area contributed by atoms with Crippen molar-refractivity contribution < 1.29 is 0 Å². The molecule has 0 amide bonds. The Hall–Kier alpha value is -1.68. The Morgan fingerprint density at radius 3 is 3.15 bits per heavy atom. The molecule has 1 aromatic heterocycles. The van der Waals surface area contributed by atoms with Gasteiger partial charge in [-0.1, -0.05) is 29.5 Å². The first-order chi connectivity index (χ1) is 9.93. The lowest BCUT2D eigenvalue weighted by Gasteiger charge is -2.25. The maximum absolute atomic E-state index is 3.97. The fourth-order valence-electron chi connectivity index (χ4n) is 3.06. The van der Waals surface area contributed by atoms with Crippen molar-refractivity contribution in [3.63, 3.8) is 0 Å². The second kappa shape index (κ2) is 6.66. The molecule has 1 aliphatic carbocycles. The van der Waals surface area contributed by atoms with E-state index in [1.165, 1.54) is 19.3 Å². The van der Waals surface area contributed by atoms with Crippen LogP contribution in [0.15, 0.2) is 36.7 Å². The molecular formula is C16H22N4. The van der Waals surface area contributed by atoms with Crippen molar-refractivity contribution in [3.8, 4) is 0 Å². The van der Waals surface area contributed by atoms with Crippen molar-refractivity contribution in [2.75, 3.05) is 13.1 Å². The van der Waals surface area contributed by atoms with Gasteiger partial charge in [-0.2, -0.15) is 0 Å². The van der Waals surface area contributed by atoms with E-state index in [4.69, 9.17) is 0 Å². The van der Waals surface area contributed by atoms with Crippen LogP contribution in [0.4, 0.5) is 0 Å². The van der Waals surface area contributed by atoms with Gasteiger partial charge in [0.25, 0.3) is 0 Å². The highest BCUT2D eigenvalue weighted by Crippen LogP contribution is 2.30. The van der Waals surface area contributed by atoms with Crippen LogP contribution in [0, 0.1) is 0 Å². The highest BCUT2D eigenvalue weighted by molar-refractivity contribution is 5.32. The maximum atomic E-state index is 3.97. The molecule has 1 atom stereocenters. The Kier molecular flexibility index (Phi) is 4.43. The van der Waals surface area contributed by atoms with Crippen molar-refractivity contribution in [1.82, 2.24) is 20.3 Å². The maximum Gasteiger partial charge on any atom is 0.0692 e. The van der Waals surface area contributed by atoms with E-state index in [-0.39, 0.29) is 0 Å². The average Bonchev–Trinajstić information content (AvgIpc) is 3.00. The summed E-state index contributed by atoms with van der Waals surface area (Å²) >= 11 is 0. The Morgan fingerprint density at radius 2 is 2.25 bits per heavy atom. The number of nitrogens with zero attached hydrogens (tertiary/aromatic N) is 3. The Morgan fingerprint density at radius 1 is 1.30 bits per heavy atom. The lowest BCUT2D eigenvalue weighted by Crippen LogP contribution is -2.25. The van der Waals surface area contributed by atoms with Crippen molar-refractivity contribution in [1.29, 1.82) is 0 Å². The summed E-state index contributed by atoms with van der Waals surface area (Å²) < 4.78 is 1.89. The van der Waals surface area contributed by atoms with Crippen molar-refractivity contribution in [2.24, 2.45) is 0 Å². The summed E-state index contributed by atoms with van der Waals surface area (Å²) in [4.78, 5) is 0. The van der Waals surface area contributed by atoms with Crippen LogP contribution in [0.1, 0.15) is 36.3 Å². The summed E-state index contributed by atoms with van der Waals surface area (Å²) in [5.41, 5.74) is 3.11. The summed E-state index contributed by atoms with van der Waals surface area (Å²) in [6, 6.07) is 8.91. The Bertz CT molecular complexity index is 521. The number of aryl methyl sites for hydroxylation is 2. The van der Waals surface area contributed by atoms with E-state index in [9.17, 15) is 0 Å². The molecule has 1 N–H and O–H groups in total. The van der Waals surface area contributed by atoms with Crippen LogP contribution in [0.25, 0.3) is 0 Å². The van der Waals surface area contributed by atoms with Crippen LogP contribution in [0.2, 0.25) is 0 Å². The van der Waals surface area contributed by atoms with Gasteiger partial charge in [0.2, 0.25) is 0 Å². The third-order valence-electron chi connectivity index (χ3n) is 4.10. The van der Waals surface area contributed by atoms with Crippen LogP contribution < -0.4 is 5.32 Å². The molecular weight excluding hydrogens is 248 g/mol. The number of rotatable bonds is 6. The smallest absolute Gasteiger partial charge is 0.0692 e. The lowest BCUT2D eigenvalue weighted by atomic mass is 9.83. The molecule has 0 fully saturated rings. The number of benzene rings is 1. The van der Waals surface area contributed by atoms with E-state index in [0.29, 0.717) is 5.92 Å². The molecule has 0 saturated heterocycles. The first-order valence-electron chi connectivity index (χ1n) is 7.56. The van der Waals surface area contributed by atoms with Crippen LogP contribution >= 0.6 is 0 Å². The van der Waals surface area contributed by atoms with Gasteiger partial charge in [-0.05, 0) is 49.3 Å². The van der Waals surface area contributed by atoms with Gasteiger partial charge in [-0.15, -0.1) is 5.10 Å². The molecule has 2 aromatic rings. The molecule has 20 heavy (non-hydrogen) atoms. The summed E-state index contributed by atoms with van der Waals surface area (Å²) in [6.07, 6.45) is 8.62. The fourth-order valence-corrected chi connectivity index (χ4v) is 3.06. The molecule has 106 valence electrons. The lowest BCUT2D eigenvalue weighted by molar-refractivity contribution is 0.482. The van der Waals surface area contributed by atoms with Crippen molar-refractivity contribution >= 4 is 0 Å². The van der Waals surface area contributed by atoms with E-state index in [2.05, 4.69) is 39.9 Å². The quantitative estimate of drug-likeness (QED) is 0.820. The third kappa shape index (κ3) is 3.25. The second-order valence-electron chi connectivity index (χ2n) is 5.51. The molecule has 1 heterocycles. The summed E-state index contributed by atoms with van der Waals surface area (Å²) in [6.45, 7) is 3.07. The van der Waals surface area contributed by atoms with Crippen molar-refractivity contribution in [2.45, 2.75) is 38.1 Å². The first kappa shape index (κ1) is 13.3. The molecule has 0 bridgehead atoms. The van der Waals surface area contributed by atoms with Crippen LogP contribution in [-0.2, 0) is 13.0 Å². The number of aromatic nitrogens is 3. The molecule has 0 aliphatic heterocycles. The minimum absolute atomic E-state index is 0.686. The SMILES string of the molecule is c1ccc2c(c1)CCCC2CNCCCn1ccnn1. The summed E-state index contributed by atoms with van der Waals surface area (Å²) in [7, 11) is 0. The van der Waals surface area contributed by atoms with Gasteiger partial charge in [-0.3, -0.25) is 4.68 Å². The van der Waals surface area contributed by atoms with Crippen LogP contribution in [0.3, 0.4) is 0 Å². The van der Waals surface area contributed by atoms with Gasteiger partial charge in [0, 0.05) is 19.3 Å². The van der Waals surface area contributed by atoms with E-state index < -0.39 is 0 Å². The van der Waals surface area contributed by atoms with Gasteiger partial charge < -0.3 is 5.32 Å². The molecule has 1 aromatic carbocycles. The average molecular weight is 270 g/mol. The molecule has 4 heteroatoms. The number of nitrogens with one attached hydrogen (secondary N) is 1. The predicted molar refractivity (Wildman–Crippen MR) is 79.6 cm³/mol. The van der Waals surface area contributed by atoms with Gasteiger partial charge in [-0.25, -0.2) is 0 Å². The third-order valence-corrected chi connectivity index (χ3v) is 4.10. The van der Waals surface area contributed by atoms with Crippen molar-refractivity contribution in [3.05, 3.63) is 47.8 Å². The topological polar surface area (TPSA) is 42.7 Å². The van der Waals surface area contributed by atoms with E-state index in [0.717, 1.165) is 26.1 Å². The zero-order chi connectivity index (χ0) is 13.6. The minimum Gasteiger partial charge on any atom is -0.316 e. The number of hydrogen-bond acceptors (Lipinski definition) is 3. The predicted octanol–water partition coefficient (Wildman–Crippen LogP) is 2.38. The van der Waals surface area contributed by atoms with Gasteiger partial charge in [0.05, 0.1) is 6.20 Å². The zero-order valence-electron chi connectivity index (χ0n) is 11.8. The van der Waals surface area contributed by atoms with Gasteiger partial charge >= 0.3 is 0 Å². The van der Waals surface area contributed by atoms with E-state index in [1.807, 2.05) is 10.9 Å². The molecule has 0 spiro atoms. The van der Waals surface area contributed by atoms with Gasteiger partial charge in [0.15, 0.2) is 0 Å². The molecule has 0 saturated carbocycles. The van der Waals surface area contributed by atoms with Crippen LogP contribution in [0.5, 0.6) is 0 Å².